The standard InChI is InChI=1S/C22H21ClFN5O3S/c1-2-15(18-7-8-27-22(28-18)29-33(31,32)14-3-4-14)19-16(12-9-13(23)11-26-10-12)5-6-17(20(19)24)21(25)30/h5-11,14-15H,2-4H2,1H3,(H2,25,30)(H,27,28,29). The van der Waals surface area contributed by atoms with Crippen LogP contribution in [0.5, 0.6) is 0 Å². The van der Waals surface area contributed by atoms with Crippen LogP contribution in [0.25, 0.3) is 11.1 Å². The van der Waals surface area contributed by atoms with Crippen LogP contribution in [0.2, 0.25) is 5.02 Å². The molecule has 2 aromatic heterocycles. The van der Waals surface area contributed by atoms with Gasteiger partial charge in [-0.2, -0.15) is 0 Å². The summed E-state index contributed by atoms with van der Waals surface area (Å²) in [4.78, 5) is 24.3. The number of pyridine rings is 1. The second-order valence-corrected chi connectivity index (χ2v) is 10.2. The first kappa shape index (κ1) is 23.1. The molecule has 33 heavy (non-hydrogen) atoms. The molecule has 1 fully saturated rings. The number of benzene rings is 1. The highest BCUT2D eigenvalue weighted by molar-refractivity contribution is 7.93. The third kappa shape index (κ3) is 4.81. The summed E-state index contributed by atoms with van der Waals surface area (Å²) in [5.41, 5.74) is 6.73. The fraction of sp³-hybridized carbons (Fsp3) is 0.273. The molecular formula is C22H21ClFN5O3S. The van der Waals surface area contributed by atoms with E-state index in [1.165, 1.54) is 24.7 Å². The van der Waals surface area contributed by atoms with Gasteiger partial charge in [0.2, 0.25) is 16.0 Å². The van der Waals surface area contributed by atoms with Crippen LogP contribution in [0.4, 0.5) is 10.3 Å². The van der Waals surface area contributed by atoms with E-state index in [1.54, 1.807) is 18.2 Å². The maximum absolute atomic E-state index is 15.7. The number of halogens is 2. The molecule has 1 aliphatic carbocycles. The van der Waals surface area contributed by atoms with Crippen LogP contribution in [0.3, 0.4) is 0 Å². The molecule has 2 heterocycles. The van der Waals surface area contributed by atoms with Crippen LogP contribution < -0.4 is 10.5 Å². The number of carbonyl (C=O) groups excluding carboxylic acids is 1. The average Bonchev–Trinajstić information content (AvgIpc) is 3.61. The Morgan fingerprint density at radius 3 is 2.70 bits per heavy atom. The molecule has 1 unspecified atom stereocenters. The molecule has 11 heteroatoms. The Morgan fingerprint density at radius 1 is 1.30 bits per heavy atom. The number of nitrogens with two attached hydrogens (primary N) is 1. The number of amides is 1. The second-order valence-electron chi connectivity index (χ2n) is 7.76. The maximum Gasteiger partial charge on any atom is 0.251 e. The van der Waals surface area contributed by atoms with Crippen LogP contribution in [-0.2, 0) is 10.0 Å². The molecule has 3 aromatic rings. The molecule has 1 atom stereocenters. The molecular weight excluding hydrogens is 469 g/mol. The number of hydrogen-bond acceptors (Lipinski definition) is 6. The molecule has 1 amide bonds. The minimum Gasteiger partial charge on any atom is -0.366 e. The summed E-state index contributed by atoms with van der Waals surface area (Å²) in [6, 6.07) is 6.13. The van der Waals surface area contributed by atoms with E-state index in [0.717, 1.165) is 0 Å². The fourth-order valence-corrected chi connectivity index (χ4v) is 5.15. The number of nitrogens with one attached hydrogen (secondary N) is 1. The van der Waals surface area contributed by atoms with Crippen molar-refractivity contribution in [2.24, 2.45) is 5.73 Å². The molecule has 0 radical (unpaired) electrons. The largest absolute Gasteiger partial charge is 0.366 e. The molecule has 1 aliphatic rings. The zero-order valence-electron chi connectivity index (χ0n) is 17.6. The van der Waals surface area contributed by atoms with E-state index >= 15 is 4.39 Å². The Labute approximate surface area is 195 Å². The molecule has 1 aromatic carbocycles. The number of primary amides is 1. The van der Waals surface area contributed by atoms with Gasteiger partial charge in [-0.15, -0.1) is 0 Å². The first-order valence-corrected chi connectivity index (χ1v) is 12.2. The lowest BCUT2D eigenvalue weighted by molar-refractivity contribution is 0.0996. The Bertz CT molecular complexity index is 1330. The van der Waals surface area contributed by atoms with Gasteiger partial charge in [-0.1, -0.05) is 24.6 Å². The van der Waals surface area contributed by atoms with E-state index in [1.807, 2.05) is 6.92 Å². The van der Waals surface area contributed by atoms with E-state index in [-0.39, 0.29) is 17.1 Å². The highest BCUT2D eigenvalue weighted by Crippen LogP contribution is 2.38. The minimum absolute atomic E-state index is 0.0877. The summed E-state index contributed by atoms with van der Waals surface area (Å²) < 4.78 is 42.7. The summed E-state index contributed by atoms with van der Waals surface area (Å²) in [6.07, 6.45) is 5.98. The molecule has 0 spiro atoms. The zero-order chi connectivity index (χ0) is 23.8. The zero-order valence-corrected chi connectivity index (χ0v) is 19.2. The third-order valence-electron chi connectivity index (χ3n) is 5.45. The number of hydrogen-bond donors (Lipinski definition) is 2. The van der Waals surface area contributed by atoms with Gasteiger partial charge in [0.05, 0.1) is 21.5 Å². The van der Waals surface area contributed by atoms with Crippen LogP contribution in [0, 0.1) is 5.82 Å². The van der Waals surface area contributed by atoms with E-state index in [2.05, 4.69) is 19.7 Å². The highest BCUT2D eigenvalue weighted by atomic mass is 35.5. The number of carbonyl (C=O) groups is 1. The number of anilines is 1. The topological polar surface area (TPSA) is 128 Å². The quantitative estimate of drug-likeness (QED) is 0.494. The SMILES string of the molecule is CCC(c1ccnc(NS(=O)(=O)C2CC2)n1)c1c(-c2cncc(Cl)c2)ccc(C(N)=O)c1F. The molecule has 4 rings (SSSR count). The monoisotopic (exact) mass is 489 g/mol. The minimum atomic E-state index is -3.57. The van der Waals surface area contributed by atoms with Crippen LogP contribution in [0.1, 0.15) is 53.7 Å². The lowest BCUT2D eigenvalue weighted by Crippen LogP contribution is -2.20. The Kier molecular flexibility index (Phi) is 6.31. The van der Waals surface area contributed by atoms with Gasteiger partial charge in [0.25, 0.3) is 5.91 Å². The summed E-state index contributed by atoms with van der Waals surface area (Å²) in [5, 5.41) is -0.0805. The van der Waals surface area contributed by atoms with Gasteiger partial charge in [-0.05, 0) is 43.0 Å². The maximum atomic E-state index is 15.7. The van der Waals surface area contributed by atoms with Gasteiger partial charge in [-0.25, -0.2) is 22.8 Å². The van der Waals surface area contributed by atoms with Crippen molar-refractivity contribution in [1.29, 1.82) is 0 Å². The number of rotatable bonds is 8. The smallest absolute Gasteiger partial charge is 0.251 e. The Morgan fingerprint density at radius 2 is 2.06 bits per heavy atom. The Balaban J connectivity index is 1.84. The van der Waals surface area contributed by atoms with Gasteiger partial charge in [0, 0.05) is 35.6 Å². The van der Waals surface area contributed by atoms with E-state index < -0.39 is 32.9 Å². The average molecular weight is 490 g/mol. The molecule has 172 valence electrons. The molecule has 0 saturated heterocycles. The Hall–Kier alpha value is -3.11. The fourth-order valence-electron chi connectivity index (χ4n) is 3.70. The van der Waals surface area contributed by atoms with Gasteiger partial charge in [-0.3, -0.25) is 14.5 Å². The van der Waals surface area contributed by atoms with Crippen molar-refractivity contribution in [2.75, 3.05) is 4.72 Å². The first-order valence-electron chi connectivity index (χ1n) is 10.3. The number of sulfonamides is 1. The van der Waals surface area contributed by atoms with Gasteiger partial charge in [0.1, 0.15) is 5.82 Å². The molecule has 1 saturated carbocycles. The molecule has 3 N–H and O–H groups in total. The van der Waals surface area contributed by atoms with Crippen molar-refractivity contribution >= 4 is 33.5 Å². The van der Waals surface area contributed by atoms with Crippen molar-refractivity contribution in [1.82, 2.24) is 15.0 Å². The van der Waals surface area contributed by atoms with Gasteiger partial charge in [0.15, 0.2) is 0 Å². The van der Waals surface area contributed by atoms with E-state index in [0.29, 0.717) is 41.1 Å². The van der Waals surface area contributed by atoms with E-state index in [4.69, 9.17) is 17.3 Å². The number of nitrogens with zero attached hydrogens (tertiary/aromatic N) is 3. The van der Waals surface area contributed by atoms with Crippen molar-refractivity contribution in [3.8, 4) is 11.1 Å². The van der Waals surface area contributed by atoms with Crippen molar-refractivity contribution < 1.29 is 17.6 Å². The summed E-state index contributed by atoms with van der Waals surface area (Å²) in [6.45, 7) is 1.83. The molecule has 0 aliphatic heterocycles. The van der Waals surface area contributed by atoms with Crippen molar-refractivity contribution in [2.45, 2.75) is 37.4 Å². The highest BCUT2D eigenvalue weighted by Gasteiger charge is 2.36. The van der Waals surface area contributed by atoms with Gasteiger partial charge >= 0.3 is 0 Å². The van der Waals surface area contributed by atoms with Crippen molar-refractivity contribution in [3.05, 3.63) is 70.5 Å². The van der Waals surface area contributed by atoms with Crippen molar-refractivity contribution in [3.63, 3.8) is 0 Å². The lowest BCUT2D eigenvalue weighted by atomic mass is 9.85. The normalized spacial score (nSPS) is 14.6. The molecule has 8 nitrogen and oxygen atoms in total. The van der Waals surface area contributed by atoms with Crippen LogP contribution in [-0.4, -0.2) is 34.5 Å². The lowest BCUT2D eigenvalue weighted by Gasteiger charge is -2.21. The van der Waals surface area contributed by atoms with E-state index in [9.17, 15) is 13.2 Å². The summed E-state index contributed by atoms with van der Waals surface area (Å²) in [5.74, 6) is -2.40. The van der Waals surface area contributed by atoms with Gasteiger partial charge < -0.3 is 5.73 Å². The predicted octanol–water partition coefficient (Wildman–Crippen LogP) is 3.88. The number of aromatic nitrogens is 3. The first-order chi connectivity index (χ1) is 15.7. The van der Waals surface area contributed by atoms with Crippen LogP contribution >= 0.6 is 11.6 Å². The second kappa shape index (κ2) is 9.03. The summed E-state index contributed by atoms with van der Waals surface area (Å²) >= 11 is 6.10. The molecule has 0 bridgehead atoms. The predicted molar refractivity (Wildman–Crippen MR) is 123 cm³/mol. The van der Waals surface area contributed by atoms with Crippen LogP contribution in [0.15, 0.2) is 42.9 Å². The summed E-state index contributed by atoms with van der Waals surface area (Å²) in [7, 11) is -3.57. The third-order valence-corrected chi connectivity index (χ3v) is 7.47.